The first-order valence-corrected chi connectivity index (χ1v) is 7.99. The van der Waals surface area contributed by atoms with E-state index in [0.717, 1.165) is 54.5 Å². The number of pyridine rings is 1. The van der Waals surface area contributed by atoms with Gasteiger partial charge < -0.3 is 5.32 Å². The molecule has 20 heavy (non-hydrogen) atoms. The highest BCUT2D eigenvalue weighted by molar-refractivity contribution is 6.48. The lowest BCUT2D eigenvalue weighted by molar-refractivity contribution is 0.900. The molecular weight excluding hydrogens is 315 g/mol. The van der Waals surface area contributed by atoms with Gasteiger partial charge in [0.15, 0.2) is 0 Å². The Morgan fingerprint density at radius 2 is 2.00 bits per heavy atom. The summed E-state index contributed by atoms with van der Waals surface area (Å²) in [5.41, 5.74) is 4.22. The van der Waals surface area contributed by atoms with Gasteiger partial charge in [-0.25, -0.2) is 0 Å². The smallest absolute Gasteiger partial charge is 0.0928 e. The van der Waals surface area contributed by atoms with Crippen molar-refractivity contribution in [2.75, 3.05) is 11.9 Å². The average molecular weight is 330 g/mol. The highest BCUT2D eigenvalue weighted by Gasteiger charge is 2.23. The summed E-state index contributed by atoms with van der Waals surface area (Å²) >= 11 is 18.9. The number of benzene rings is 1. The molecule has 5 heteroatoms. The molecule has 1 heterocycles. The van der Waals surface area contributed by atoms with Crippen LogP contribution in [0.2, 0.25) is 15.1 Å². The molecule has 0 spiro atoms. The fraction of sp³-hybridized carbons (Fsp3) is 0.400. The third-order valence-electron chi connectivity index (χ3n) is 3.68. The molecule has 0 bridgehead atoms. The van der Waals surface area contributed by atoms with Crippen LogP contribution in [-0.4, -0.2) is 11.5 Å². The first-order chi connectivity index (χ1) is 9.63. The summed E-state index contributed by atoms with van der Waals surface area (Å²) in [6.45, 7) is 3.03. The maximum Gasteiger partial charge on any atom is 0.0928 e. The molecule has 0 unspecified atom stereocenters. The van der Waals surface area contributed by atoms with Crippen LogP contribution in [-0.2, 0) is 12.8 Å². The number of aromatic nitrogens is 1. The molecule has 2 nitrogen and oxygen atoms in total. The van der Waals surface area contributed by atoms with E-state index in [9.17, 15) is 0 Å². The Morgan fingerprint density at radius 3 is 2.75 bits per heavy atom. The number of fused-ring (bicyclic) bond motifs is 2. The number of halogens is 3. The Hall–Kier alpha value is -0.700. The first-order valence-electron chi connectivity index (χ1n) is 6.86. The van der Waals surface area contributed by atoms with Crippen molar-refractivity contribution in [3.63, 3.8) is 0 Å². The molecule has 1 aromatic carbocycles. The van der Waals surface area contributed by atoms with Gasteiger partial charge in [-0.2, -0.15) is 0 Å². The van der Waals surface area contributed by atoms with E-state index in [1.807, 2.05) is 0 Å². The molecule has 0 aliphatic heterocycles. The van der Waals surface area contributed by atoms with Gasteiger partial charge >= 0.3 is 0 Å². The minimum Gasteiger partial charge on any atom is -0.384 e. The quantitative estimate of drug-likeness (QED) is 0.751. The van der Waals surface area contributed by atoms with Gasteiger partial charge in [-0.15, -0.1) is 0 Å². The molecule has 1 N–H and O–H groups in total. The van der Waals surface area contributed by atoms with Crippen LogP contribution in [0.3, 0.4) is 0 Å². The Bertz CT molecular complexity index is 683. The van der Waals surface area contributed by atoms with Crippen LogP contribution >= 0.6 is 34.8 Å². The van der Waals surface area contributed by atoms with Crippen molar-refractivity contribution in [2.45, 2.75) is 32.6 Å². The normalized spacial score (nSPS) is 13.8. The first kappa shape index (κ1) is 14.2. The lowest BCUT2D eigenvalue weighted by atomic mass is 10.1. The number of nitrogens with zero attached hydrogens (tertiary/aromatic N) is 1. The van der Waals surface area contributed by atoms with Gasteiger partial charge in [-0.3, -0.25) is 4.98 Å². The van der Waals surface area contributed by atoms with Gasteiger partial charge in [0, 0.05) is 17.6 Å². The van der Waals surface area contributed by atoms with Crippen LogP contribution in [0.25, 0.3) is 10.9 Å². The van der Waals surface area contributed by atoms with E-state index >= 15 is 0 Å². The molecule has 3 rings (SSSR count). The van der Waals surface area contributed by atoms with E-state index in [1.165, 1.54) is 5.56 Å². The SMILES string of the molecule is CCCNc1c2c(nc3c(Cl)cc(Cl)c(Cl)c13)CCC2. The standard InChI is InChI=1S/C15H15Cl3N2/c1-2-6-19-14-8-4-3-5-11(8)20-15-10(17)7-9(16)13(18)12(14)15/h7H,2-6H2,1H3,(H,19,20). The van der Waals surface area contributed by atoms with Gasteiger partial charge in [0.25, 0.3) is 0 Å². The third kappa shape index (κ3) is 2.24. The lowest BCUT2D eigenvalue weighted by Crippen LogP contribution is -2.06. The lowest BCUT2D eigenvalue weighted by Gasteiger charge is -2.16. The van der Waals surface area contributed by atoms with Crippen LogP contribution in [0.15, 0.2) is 6.07 Å². The molecule has 2 aromatic rings. The van der Waals surface area contributed by atoms with Gasteiger partial charge in [0.2, 0.25) is 0 Å². The molecular formula is C15H15Cl3N2. The number of anilines is 1. The van der Waals surface area contributed by atoms with Crippen molar-refractivity contribution in [3.05, 3.63) is 32.4 Å². The van der Waals surface area contributed by atoms with E-state index in [1.54, 1.807) is 6.07 Å². The Morgan fingerprint density at radius 1 is 1.20 bits per heavy atom. The van der Waals surface area contributed by atoms with E-state index in [4.69, 9.17) is 39.8 Å². The van der Waals surface area contributed by atoms with Crippen LogP contribution < -0.4 is 5.32 Å². The topological polar surface area (TPSA) is 24.9 Å². The molecule has 0 saturated heterocycles. The van der Waals surface area contributed by atoms with Crippen molar-refractivity contribution < 1.29 is 0 Å². The molecule has 0 amide bonds. The van der Waals surface area contributed by atoms with Gasteiger partial charge in [-0.05, 0) is 37.3 Å². The van der Waals surface area contributed by atoms with E-state index in [-0.39, 0.29) is 0 Å². The maximum atomic E-state index is 6.41. The van der Waals surface area contributed by atoms with Crippen LogP contribution in [0.4, 0.5) is 5.69 Å². The van der Waals surface area contributed by atoms with Crippen molar-refractivity contribution >= 4 is 51.4 Å². The third-order valence-corrected chi connectivity index (χ3v) is 4.76. The summed E-state index contributed by atoms with van der Waals surface area (Å²) in [6, 6.07) is 1.67. The molecule has 1 aliphatic carbocycles. The van der Waals surface area contributed by atoms with Crippen LogP contribution in [0.5, 0.6) is 0 Å². The molecule has 0 radical (unpaired) electrons. The molecule has 1 aromatic heterocycles. The summed E-state index contributed by atoms with van der Waals surface area (Å²) in [6.07, 6.45) is 4.21. The predicted octanol–water partition coefficient (Wildman–Crippen LogP) is 5.51. The van der Waals surface area contributed by atoms with Crippen molar-refractivity contribution in [1.29, 1.82) is 0 Å². The van der Waals surface area contributed by atoms with E-state index in [2.05, 4.69) is 12.2 Å². The number of hydrogen-bond acceptors (Lipinski definition) is 2. The molecule has 0 fully saturated rings. The number of hydrogen-bond donors (Lipinski definition) is 1. The maximum absolute atomic E-state index is 6.41. The summed E-state index contributed by atoms with van der Waals surface area (Å²) in [4.78, 5) is 4.71. The van der Waals surface area contributed by atoms with Crippen molar-refractivity contribution in [2.24, 2.45) is 0 Å². The summed E-state index contributed by atoms with van der Waals surface area (Å²) in [5, 5.41) is 5.92. The minimum atomic E-state index is 0.475. The Labute approximate surface area is 133 Å². The summed E-state index contributed by atoms with van der Waals surface area (Å²) in [5.74, 6) is 0. The zero-order valence-corrected chi connectivity index (χ0v) is 13.5. The second-order valence-electron chi connectivity index (χ2n) is 5.07. The van der Waals surface area contributed by atoms with E-state index < -0.39 is 0 Å². The number of aryl methyl sites for hydroxylation is 1. The summed E-state index contributed by atoms with van der Waals surface area (Å²) in [7, 11) is 0. The molecule has 1 aliphatic rings. The monoisotopic (exact) mass is 328 g/mol. The number of nitrogens with one attached hydrogen (secondary N) is 1. The highest BCUT2D eigenvalue weighted by atomic mass is 35.5. The zero-order chi connectivity index (χ0) is 14.3. The second-order valence-corrected chi connectivity index (χ2v) is 6.26. The highest BCUT2D eigenvalue weighted by Crippen LogP contribution is 2.43. The second kappa shape index (κ2) is 5.59. The number of rotatable bonds is 3. The van der Waals surface area contributed by atoms with Crippen molar-refractivity contribution in [3.8, 4) is 0 Å². The largest absolute Gasteiger partial charge is 0.384 e. The zero-order valence-electron chi connectivity index (χ0n) is 11.2. The van der Waals surface area contributed by atoms with Crippen molar-refractivity contribution in [1.82, 2.24) is 4.98 Å². The molecule has 0 saturated carbocycles. The van der Waals surface area contributed by atoms with Crippen LogP contribution in [0, 0.1) is 0 Å². The fourth-order valence-corrected chi connectivity index (χ4v) is 3.52. The predicted molar refractivity (Wildman–Crippen MR) is 87.6 cm³/mol. The van der Waals surface area contributed by atoms with Gasteiger partial charge in [-0.1, -0.05) is 41.7 Å². The van der Waals surface area contributed by atoms with Gasteiger partial charge in [0.1, 0.15) is 0 Å². The Kier molecular flexibility index (Phi) is 3.98. The average Bonchev–Trinajstić information content (AvgIpc) is 2.89. The van der Waals surface area contributed by atoms with Gasteiger partial charge in [0.05, 0.1) is 26.3 Å². The van der Waals surface area contributed by atoms with E-state index in [0.29, 0.717) is 15.1 Å². The fourth-order valence-electron chi connectivity index (χ4n) is 2.77. The Balaban J connectivity index is 2.35. The van der Waals surface area contributed by atoms with Crippen LogP contribution in [0.1, 0.15) is 31.0 Å². The molecule has 0 atom stereocenters. The summed E-state index contributed by atoms with van der Waals surface area (Å²) < 4.78 is 0. The minimum absolute atomic E-state index is 0.475. The molecule has 106 valence electrons.